The van der Waals surface area contributed by atoms with E-state index < -0.39 is 5.91 Å². The molecule has 0 aliphatic carbocycles. The van der Waals surface area contributed by atoms with E-state index in [1.807, 2.05) is 24.3 Å². The van der Waals surface area contributed by atoms with Gasteiger partial charge in [0.2, 0.25) is 0 Å². The lowest BCUT2D eigenvalue weighted by atomic mass is 10.1. The predicted molar refractivity (Wildman–Crippen MR) is 109 cm³/mol. The maximum absolute atomic E-state index is 11.2. The molecule has 0 spiro atoms. The van der Waals surface area contributed by atoms with Crippen LogP contribution in [0.15, 0.2) is 54.6 Å². The van der Waals surface area contributed by atoms with Crippen LogP contribution in [0.1, 0.15) is 23.4 Å². The summed E-state index contributed by atoms with van der Waals surface area (Å²) >= 11 is 0. The molecule has 28 heavy (non-hydrogen) atoms. The number of ether oxygens (including phenoxy) is 1. The van der Waals surface area contributed by atoms with Gasteiger partial charge in [0.15, 0.2) is 0 Å². The van der Waals surface area contributed by atoms with Crippen molar-refractivity contribution in [2.45, 2.75) is 25.8 Å². The average molecular weight is 379 g/mol. The Morgan fingerprint density at radius 1 is 1.21 bits per heavy atom. The maximum atomic E-state index is 11.2. The summed E-state index contributed by atoms with van der Waals surface area (Å²) in [5.41, 5.74) is 5.70. The van der Waals surface area contributed by atoms with Gasteiger partial charge in [0.25, 0.3) is 5.91 Å². The van der Waals surface area contributed by atoms with Gasteiger partial charge in [-0.25, -0.2) is 10.5 Å². The first-order valence-corrected chi connectivity index (χ1v) is 9.35. The van der Waals surface area contributed by atoms with Gasteiger partial charge in [0.05, 0.1) is 11.0 Å². The Bertz CT molecular complexity index is 948. The van der Waals surface area contributed by atoms with Crippen LogP contribution in [0.2, 0.25) is 0 Å². The molecule has 0 bridgehead atoms. The molecule has 3 aromatic rings. The van der Waals surface area contributed by atoms with Crippen molar-refractivity contribution in [1.82, 2.24) is 15.0 Å². The van der Waals surface area contributed by atoms with Crippen LogP contribution in [-0.2, 0) is 28.9 Å². The van der Waals surface area contributed by atoms with Gasteiger partial charge in [-0.05, 0) is 42.2 Å². The number of rotatable bonds is 9. The van der Waals surface area contributed by atoms with Crippen molar-refractivity contribution in [2.24, 2.45) is 0 Å². The van der Waals surface area contributed by atoms with Gasteiger partial charge in [-0.3, -0.25) is 10.0 Å². The normalized spacial score (nSPS) is 11.4. The van der Waals surface area contributed by atoms with Crippen LogP contribution in [0.3, 0.4) is 0 Å². The molecule has 0 aliphatic rings. The van der Waals surface area contributed by atoms with E-state index in [1.54, 1.807) is 18.7 Å². The summed E-state index contributed by atoms with van der Waals surface area (Å²) in [6, 6.07) is 16.3. The minimum Gasteiger partial charge on any atom is -0.385 e. The number of hydrogen-bond acceptors (Lipinski definition) is 4. The van der Waals surface area contributed by atoms with Crippen molar-refractivity contribution in [1.29, 1.82) is 0 Å². The molecule has 1 amide bonds. The van der Waals surface area contributed by atoms with Gasteiger partial charge in [-0.15, -0.1) is 0 Å². The minimum atomic E-state index is -0.561. The monoisotopic (exact) mass is 379 g/mol. The van der Waals surface area contributed by atoms with E-state index in [1.165, 1.54) is 11.6 Å². The molecule has 0 saturated carbocycles. The zero-order chi connectivity index (χ0) is 19.8. The number of nitrogens with zero attached hydrogens (tertiary/aromatic N) is 2. The Balaban J connectivity index is 1.87. The molecule has 6 nitrogen and oxygen atoms in total. The number of aromatic nitrogens is 2. The van der Waals surface area contributed by atoms with Crippen LogP contribution in [0.4, 0.5) is 0 Å². The molecular formula is C22H25N3O3. The molecule has 1 aromatic heterocycles. The van der Waals surface area contributed by atoms with Crippen molar-refractivity contribution in [3.63, 3.8) is 0 Å². The molecule has 0 fully saturated rings. The zero-order valence-electron chi connectivity index (χ0n) is 16.0. The standard InChI is InChI=1S/C22H25N3O3/c1-28-15-5-14-25-20-11-8-18(10-13-22(26)24-27)16-19(20)23-21(25)12-9-17-6-3-2-4-7-17/h2-4,6-8,10-11,13,16,27H,5,9,12,14-15H2,1H3,(H,24,26)/b13-10+. The molecule has 0 radical (unpaired) electrons. The summed E-state index contributed by atoms with van der Waals surface area (Å²) in [5, 5.41) is 8.60. The van der Waals surface area contributed by atoms with Gasteiger partial charge in [-0.2, -0.15) is 0 Å². The third-order valence-electron chi connectivity index (χ3n) is 4.60. The van der Waals surface area contributed by atoms with E-state index in [0.29, 0.717) is 6.61 Å². The van der Waals surface area contributed by atoms with Crippen molar-refractivity contribution in [3.8, 4) is 0 Å². The average Bonchev–Trinajstić information content (AvgIpc) is 3.08. The van der Waals surface area contributed by atoms with Crippen LogP contribution in [0.25, 0.3) is 17.1 Å². The fourth-order valence-electron chi connectivity index (χ4n) is 3.22. The number of methoxy groups -OCH3 is 1. The first kappa shape index (κ1) is 19.8. The summed E-state index contributed by atoms with van der Waals surface area (Å²) in [4.78, 5) is 16.0. The van der Waals surface area contributed by atoms with Crippen molar-refractivity contribution in [3.05, 3.63) is 71.6 Å². The number of carbonyl (C=O) groups excluding carboxylic acids is 1. The Morgan fingerprint density at radius 3 is 2.79 bits per heavy atom. The number of carbonyl (C=O) groups is 1. The SMILES string of the molecule is COCCCn1c(CCc2ccccc2)nc2cc(/C=C/C(=O)NO)ccc21. The highest BCUT2D eigenvalue weighted by Crippen LogP contribution is 2.21. The Labute approximate surface area is 164 Å². The Hall–Kier alpha value is -2.96. The highest BCUT2D eigenvalue weighted by atomic mass is 16.5. The number of imidazole rings is 1. The zero-order valence-corrected chi connectivity index (χ0v) is 16.0. The van der Waals surface area contributed by atoms with Gasteiger partial charge < -0.3 is 9.30 Å². The lowest BCUT2D eigenvalue weighted by Gasteiger charge is -2.09. The molecule has 146 valence electrons. The number of amides is 1. The summed E-state index contributed by atoms with van der Waals surface area (Å²) in [6.07, 6.45) is 5.63. The number of aryl methyl sites for hydroxylation is 3. The molecule has 6 heteroatoms. The highest BCUT2D eigenvalue weighted by Gasteiger charge is 2.11. The molecule has 0 atom stereocenters. The first-order valence-electron chi connectivity index (χ1n) is 9.35. The molecule has 0 aliphatic heterocycles. The van der Waals surface area contributed by atoms with E-state index in [2.05, 4.69) is 28.8 Å². The third-order valence-corrected chi connectivity index (χ3v) is 4.60. The largest absolute Gasteiger partial charge is 0.385 e. The summed E-state index contributed by atoms with van der Waals surface area (Å²) in [5.74, 6) is 0.484. The predicted octanol–water partition coefficient (Wildman–Crippen LogP) is 3.38. The molecule has 3 rings (SSSR count). The van der Waals surface area contributed by atoms with Crippen LogP contribution in [-0.4, -0.2) is 34.4 Å². The molecular weight excluding hydrogens is 354 g/mol. The fourth-order valence-corrected chi connectivity index (χ4v) is 3.22. The lowest BCUT2D eigenvalue weighted by Crippen LogP contribution is -2.14. The number of nitrogens with one attached hydrogen (secondary N) is 1. The van der Waals surface area contributed by atoms with Gasteiger partial charge in [0.1, 0.15) is 5.82 Å². The van der Waals surface area contributed by atoms with Crippen LogP contribution >= 0.6 is 0 Å². The minimum absolute atomic E-state index is 0.561. The van der Waals surface area contributed by atoms with E-state index in [9.17, 15) is 4.79 Å². The fraction of sp³-hybridized carbons (Fsp3) is 0.273. The number of fused-ring (bicyclic) bond motifs is 1. The second kappa shape index (κ2) is 9.82. The quantitative estimate of drug-likeness (QED) is 0.259. The van der Waals surface area contributed by atoms with Crippen molar-refractivity contribution in [2.75, 3.05) is 13.7 Å². The van der Waals surface area contributed by atoms with Gasteiger partial charge >= 0.3 is 0 Å². The van der Waals surface area contributed by atoms with Crippen LogP contribution in [0, 0.1) is 0 Å². The third kappa shape index (κ3) is 5.06. The van der Waals surface area contributed by atoms with Gasteiger partial charge in [-0.1, -0.05) is 36.4 Å². The van der Waals surface area contributed by atoms with Crippen molar-refractivity contribution < 1.29 is 14.7 Å². The second-order valence-electron chi connectivity index (χ2n) is 6.57. The molecule has 2 N–H and O–H groups in total. The first-order chi connectivity index (χ1) is 13.7. The lowest BCUT2D eigenvalue weighted by molar-refractivity contribution is -0.124. The van der Waals surface area contributed by atoms with E-state index in [4.69, 9.17) is 14.9 Å². The van der Waals surface area contributed by atoms with E-state index in [-0.39, 0.29) is 0 Å². The molecule has 1 heterocycles. The van der Waals surface area contributed by atoms with Crippen molar-refractivity contribution >= 4 is 23.0 Å². The van der Waals surface area contributed by atoms with E-state index in [0.717, 1.165) is 48.2 Å². The summed E-state index contributed by atoms with van der Waals surface area (Å²) in [7, 11) is 1.71. The molecule has 0 unspecified atom stereocenters. The smallest absolute Gasteiger partial charge is 0.267 e. The van der Waals surface area contributed by atoms with Crippen LogP contribution < -0.4 is 5.48 Å². The maximum Gasteiger partial charge on any atom is 0.267 e. The molecule has 2 aromatic carbocycles. The number of hydrogen-bond donors (Lipinski definition) is 2. The summed E-state index contributed by atoms with van der Waals surface area (Å²) in [6.45, 7) is 1.55. The van der Waals surface area contributed by atoms with Gasteiger partial charge in [0, 0.05) is 32.8 Å². The number of hydroxylamine groups is 1. The molecule has 0 saturated heterocycles. The number of benzene rings is 2. The Kier molecular flexibility index (Phi) is 6.94. The second-order valence-corrected chi connectivity index (χ2v) is 6.57. The summed E-state index contributed by atoms with van der Waals surface area (Å²) < 4.78 is 7.46. The topological polar surface area (TPSA) is 76.4 Å². The van der Waals surface area contributed by atoms with E-state index >= 15 is 0 Å². The highest BCUT2D eigenvalue weighted by molar-refractivity contribution is 5.91. The Morgan fingerprint density at radius 2 is 2.04 bits per heavy atom. The van der Waals surface area contributed by atoms with Crippen LogP contribution in [0.5, 0.6) is 0 Å².